The van der Waals surface area contributed by atoms with Gasteiger partial charge in [-0.05, 0) is 49.2 Å². The zero-order valence-electron chi connectivity index (χ0n) is 13.4. The van der Waals surface area contributed by atoms with Gasteiger partial charge in [0.2, 0.25) is 0 Å². The molecule has 0 amide bonds. The Balaban J connectivity index is 0.000000220. The van der Waals surface area contributed by atoms with Gasteiger partial charge in [0.05, 0.1) is 13.2 Å². The summed E-state index contributed by atoms with van der Waals surface area (Å²) in [6.07, 6.45) is 3.63. The number of rotatable bonds is 6. The normalized spacial score (nSPS) is 9.18. The highest BCUT2D eigenvalue weighted by Gasteiger charge is 1.90. The molecule has 0 saturated heterocycles. The summed E-state index contributed by atoms with van der Waals surface area (Å²) in [5.41, 5.74) is 2.24. The number of ether oxygens (including phenoxy) is 2. The van der Waals surface area contributed by atoms with Crippen LogP contribution < -0.4 is 9.47 Å². The Bertz CT molecular complexity index is 500. The van der Waals surface area contributed by atoms with Crippen molar-refractivity contribution in [2.24, 2.45) is 0 Å². The van der Waals surface area contributed by atoms with Gasteiger partial charge in [0.25, 0.3) is 0 Å². The molecule has 0 unspecified atom stereocenters. The molecule has 2 aromatic rings. The molecule has 0 N–H and O–H groups in total. The standard InChI is InChI=1S/2C10H12O/c2*1-3-9-5-7-10(8-6-9)11-4-2/h2*3,5-8H,1,4H2,2H3. The minimum atomic E-state index is 0.716. The quantitative estimate of drug-likeness (QED) is 0.705. The molecule has 0 heterocycles. The molecule has 0 aromatic heterocycles. The Morgan fingerprint density at radius 1 is 0.682 bits per heavy atom. The molecule has 0 fully saturated rings. The van der Waals surface area contributed by atoms with Gasteiger partial charge in [-0.1, -0.05) is 49.6 Å². The van der Waals surface area contributed by atoms with Crippen molar-refractivity contribution in [3.63, 3.8) is 0 Å². The molecule has 2 nitrogen and oxygen atoms in total. The number of benzene rings is 2. The SMILES string of the molecule is C=Cc1ccc(OCC)cc1.C=Cc1ccc(OCC)cc1. The van der Waals surface area contributed by atoms with Crippen molar-refractivity contribution in [3.05, 3.63) is 72.8 Å². The van der Waals surface area contributed by atoms with Gasteiger partial charge in [0.15, 0.2) is 0 Å². The van der Waals surface area contributed by atoms with Crippen molar-refractivity contribution in [1.82, 2.24) is 0 Å². The van der Waals surface area contributed by atoms with E-state index in [1.54, 1.807) is 0 Å². The lowest BCUT2D eigenvalue weighted by atomic mass is 10.2. The van der Waals surface area contributed by atoms with Crippen molar-refractivity contribution in [1.29, 1.82) is 0 Å². The first-order valence-electron chi connectivity index (χ1n) is 7.44. The Hall–Kier alpha value is -2.48. The van der Waals surface area contributed by atoms with E-state index in [0.717, 1.165) is 22.6 Å². The second-order valence-corrected chi connectivity index (χ2v) is 4.41. The van der Waals surface area contributed by atoms with Crippen LogP contribution >= 0.6 is 0 Å². The third-order valence-corrected chi connectivity index (χ3v) is 2.85. The van der Waals surface area contributed by atoms with E-state index in [4.69, 9.17) is 9.47 Å². The molecular weight excluding hydrogens is 272 g/mol. The average Bonchev–Trinajstić information content (AvgIpc) is 2.57. The Morgan fingerprint density at radius 3 is 1.23 bits per heavy atom. The van der Waals surface area contributed by atoms with Gasteiger partial charge >= 0.3 is 0 Å². The first kappa shape index (κ1) is 17.6. The van der Waals surface area contributed by atoms with E-state index < -0.39 is 0 Å². The minimum Gasteiger partial charge on any atom is -0.494 e. The fourth-order valence-corrected chi connectivity index (χ4v) is 1.73. The van der Waals surface area contributed by atoms with Crippen molar-refractivity contribution < 1.29 is 9.47 Å². The van der Waals surface area contributed by atoms with E-state index in [9.17, 15) is 0 Å². The summed E-state index contributed by atoms with van der Waals surface area (Å²) in [5.74, 6) is 1.83. The molecule has 0 bridgehead atoms. The molecule has 0 atom stereocenters. The summed E-state index contributed by atoms with van der Waals surface area (Å²) in [7, 11) is 0. The maximum atomic E-state index is 5.27. The topological polar surface area (TPSA) is 18.5 Å². The minimum absolute atomic E-state index is 0.716. The molecule has 2 rings (SSSR count). The largest absolute Gasteiger partial charge is 0.494 e. The number of hydrogen-bond acceptors (Lipinski definition) is 2. The average molecular weight is 296 g/mol. The van der Waals surface area contributed by atoms with E-state index >= 15 is 0 Å². The molecule has 0 aliphatic heterocycles. The van der Waals surface area contributed by atoms with Crippen LogP contribution in [-0.2, 0) is 0 Å². The van der Waals surface area contributed by atoms with Crippen LogP contribution in [0, 0.1) is 0 Å². The lowest BCUT2D eigenvalue weighted by Gasteiger charge is -2.01. The van der Waals surface area contributed by atoms with Crippen LogP contribution in [0.15, 0.2) is 61.7 Å². The molecular formula is C20H24O2. The van der Waals surface area contributed by atoms with Crippen molar-refractivity contribution in [3.8, 4) is 11.5 Å². The zero-order valence-corrected chi connectivity index (χ0v) is 13.4. The van der Waals surface area contributed by atoms with Crippen LogP contribution in [0.2, 0.25) is 0 Å². The fraction of sp³-hybridized carbons (Fsp3) is 0.200. The molecule has 0 saturated carbocycles. The third-order valence-electron chi connectivity index (χ3n) is 2.85. The van der Waals surface area contributed by atoms with Crippen LogP contribution in [-0.4, -0.2) is 13.2 Å². The van der Waals surface area contributed by atoms with Crippen molar-refractivity contribution in [2.75, 3.05) is 13.2 Å². The summed E-state index contributed by atoms with van der Waals surface area (Å²) in [6, 6.07) is 15.7. The van der Waals surface area contributed by atoms with Gasteiger partial charge in [-0.25, -0.2) is 0 Å². The molecule has 22 heavy (non-hydrogen) atoms. The van der Waals surface area contributed by atoms with E-state index in [1.807, 2.05) is 74.5 Å². The second-order valence-electron chi connectivity index (χ2n) is 4.41. The van der Waals surface area contributed by atoms with Crippen molar-refractivity contribution in [2.45, 2.75) is 13.8 Å². The molecule has 2 heteroatoms. The summed E-state index contributed by atoms with van der Waals surface area (Å²) >= 11 is 0. The predicted octanol–water partition coefficient (Wildman–Crippen LogP) is 5.46. The van der Waals surface area contributed by atoms with Gasteiger partial charge in [-0.15, -0.1) is 0 Å². The van der Waals surface area contributed by atoms with Gasteiger partial charge in [-0.2, -0.15) is 0 Å². The first-order chi connectivity index (χ1) is 10.7. The smallest absolute Gasteiger partial charge is 0.119 e. The Morgan fingerprint density at radius 2 is 1.00 bits per heavy atom. The van der Waals surface area contributed by atoms with Gasteiger partial charge < -0.3 is 9.47 Å². The van der Waals surface area contributed by atoms with Gasteiger partial charge in [0, 0.05) is 0 Å². The van der Waals surface area contributed by atoms with Gasteiger partial charge in [0.1, 0.15) is 11.5 Å². The highest BCUT2D eigenvalue weighted by molar-refractivity contribution is 5.48. The monoisotopic (exact) mass is 296 g/mol. The Labute approximate surface area is 133 Å². The molecule has 2 aromatic carbocycles. The van der Waals surface area contributed by atoms with E-state index in [1.165, 1.54) is 0 Å². The molecule has 0 radical (unpaired) electrons. The summed E-state index contributed by atoms with van der Waals surface area (Å²) in [6.45, 7) is 12.7. The van der Waals surface area contributed by atoms with Gasteiger partial charge in [-0.3, -0.25) is 0 Å². The Kier molecular flexibility index (Phi) is 8.21. The number of hydrogen-bond donors (Lipinski definition) is 0. The van der Waals surface area contributed by atoms with E-state index in [-0.39, 0.29) is 0 Å². The maximum absolute atomic E-state index is 5.27. The lowest BCUT2D eigenvalue weighted by molar-refractivity contribution is 0.340. The van der Waals surface area contributed by atoms with Crippen LogP contribution in [0.1, 0.15) is 25.0 Å². The molecule has 0 aliphatic rings. The van der Waals surface area contributed by atoms with E-state index in [2.05, 4.69) is 13.2 Å². The van der Waals surface area contributed by atoms with Crippen LogP contribution in [0.25, 0.3) is 12.2 Å². The maximum Gasteiger partial charge on any atom is 0.119 e. The summed E-state index contributed by atoms with van der Waals surface area (Å²) in [5, 5.41) is 0. The summed E-state index contributed by atoms with van der Waals surface area (Å²) in [4.78, 5) is 0. The molecule has 0 spiro atoms. The fourth-order valence-electron chi connectivity index (χ4n) is 1.73. The van der Waals surface area contributed by atoms with Crippen LogP contribution in [0.5, 0.6) is 11.5 Å². The van der Waals surface area contributed by atoms with Crippen molar-refractivity contribution >= 4 is 12.2 Å². The second kappa shape index (κ2) is 10.3. The lowest BCUT2D eigenvalue weighted by Crippen LogP contribution is -1.90. The predicted molar refractivity (Wildman–Crippen MR) is 95.4 cm³/mol. The molecule has 116 valence electrons. The summed E-state index contributed by atoms with van der Waals surface area (Å²) < 4.78 is 10.5. The zero-order chi connectivity index (χ0) is 16.2. The third kappa shape index (κ3) is 6.31. The highest BCUT2D eigenvalue weighted by Crippen LogP contribution is 2.12. The van der Waals surface area contributed by atoms with Crippen LogP contribution in [0.4, 0.5) is 0 Å². The first-order valence-corrected chi connectivity index (χ1v) is 7.44. The van der Waals surface area contributed by atoms with Crippen LogP contribution in [0.3, 0.4) is 0 Å². The molecule has 0 aliphatic carbocycles. The van der Waals surface area contributed by atoms with E-state index in [0.29, 0.717) is 13.2 Å². The highest BCUT2D eigenvalue weighted by atomic mass is 16.5.